The highest BCUT2D eigenvalue weighted by molar-refractivity contribution is 9.10. The minimum absolute atomic E-state index is 0.134. The van der Waals surface area contributed by atoms with Gasteiger partial charge in [-0.3, -0.25) is 0 Å². The molecule has 0 heterocycles. The van der Waals surface area contributed by atoms with E-state index in [9.17, 15) is 8.78 Å². The van der Waals surface area contributed by atoms with E-state index < -0.39 is 11.6 Å². The molecule has 0 spiro atoms. The van der Waals surface area contributed by atoms with Crippen LogP contribution in [0.2, 0.25) is 0 Å². The fraction of sp³-hybridized carbons (Fsp3) is 0.538. The molecular formula is C13H18BrF2N. The zero-order valence-electron chi connectivity index (χ0n) is 10.4. The van der Waals surface area contributed by atoms with Crippen LogP contribution >= 0.6 is 15.9 Å². The number of nitrogens with one attached hydrogen (secondary N) is 1. The molecular weight excluding hydrogens is 288 g/mol. The molecule has 1 aromatic rings. The topological polar surface area (TPSA) is 12.0 Å². The monoisotopic (exact) mass is 305 g/mol. The molecule has 0 aliphatic carbocycles. The Bertz CT molecular complexity index is 380. The predicted molar refractivity (Wildman–Crippen MR) is 69.9 cm³/mol. The molecule has 1 nitrogen and oxygen atoms in total. The number of hydrogen-bond acceptors (Lipinski definition) is 1. The number of halogens is 3. The molecule has 1 unspecified atom stereocenters. The molecule has 1 N–H and O–H groups in total. The lowest BCUT2D eigenvalue weighted by Crippen LogP contribution is -2.24. The van der Waals surface area contributed by atoms with Crippen LogP contribution in [0.25, 0.3) is 0 Å². The van der Waals surface area contributed by atoms with Gasteiger partial charge in [-0.05, 0) is 46.9 Å². The molecule has 1 aromatic carbocycles. The lowest BCUT2D eigenvalue weighted by atomic mass is 9.96. The molecule has 1 rings (SSSR count). The lowest BCUT2D eigenvalue weighted by molar-refractivity contribution is 0.405. The van der Waals surface area contributed by atoms with Crippen molar-refractivity contribution in [3.63, 3.8) is 0 Å². The average molecular weight is 306 g/mol. The highest BCUT2D eigenvalue weighted by atomic mass is 79.9. The van der Waals surface area contributed by atoms with Crippen molar-refractivity contribution in [2.75, 3.05) is 6.54 Å². The largest absolute Gasteiger partial charge is 0.310 e. The molecule has 0 fully saturated rings. The van der Waals surface area contributed by atoms with Gasteiger partial charge < -0.3 is 5.32 Å². The lowest BCUT2D eigenvalue weighted by Gasteiger charge is -2.21. The third-order valence-electron chi connectivity index (χ3n) is 2.59. The Morgan fingerprint density at radius 2 is 1.94 bits per heavy atom. The molecule has 4 heteroatoms. The fourth-order valence-corrected chi connectivity index (χ4v) is 2.23. The zero-order valence-corrected chi connectivity index (χ0v) is 11.9. The summed E-state index contributed by atoms with van der Waals surface area (Å²) in [5, 5.41) is 3.14. The Morgan fingerprint density at radius 3 is 2.47 bits per heavy atom. The van der Waals surface area contributed by atoms with E-state index in [4.69, 9.17) is 0 Å². The van der Waals surface area contributed by atoms with Crippen LogP contribution in [-0.4, -0.2) is 6.54 Å². The van der Waals surface area contributed by atoms with Gasteiger partial charge in [-0.2, -0.15) is 0 Å². The normalized spacial score (nSPS) is 13.1. The second kappa shape index (κ2) is 6.45. The molecule has 96 valence electrons. The molecule has 0 aromatic heterocycles. The quantitative estimate of drug-likeness (QED) is 0.794. The molecule has 0 saturated carbocycles. The van der Waals surface area contributed by atoms with Crippen molar-refractivity contribution >= 4 is 15.9 Å². The van der Waals surface area contributed by atoms with Crippen LogP contribution in [0.3, 0.4) is 0 Å². The Hall–Kier alpha value is -0.480. The van der Waals surface area contributed by atoms with Gasteiger partial charge in [0, 0.05) is 11.6 Å². The summed E-state index contributed by atoms with van der Waals surface area (Å²) in [6, 6.07) is 2.41. The van der Waals surface area contributed by atoms with Crippen molar-refractivity contribution in [3.05, 3.63) is 33.8 Å². The van der Waals surface area contributed by atoms with Crippen LogP contribution < -0.4 is 5.32 Å². The van der Waals surface area contributed by atoms with Crippen molar-refractivity contribution in [1.82, 2.24) is 5.32 Å². The Balaban J connectivity index is 3.12. The van der Waals surface area contributed by atoms with E-state index in [-0.39, 0.29) is 11.6 Å². The van der Waals surface area contributed by atoms with Crippen molar-refractivity contribution in [3.8, 4) is 0 Å². The summed E-state index contributed by atoms with van der Waals surface area (Å²) in [5.74, 6) is -0.620. The van der Waals surface area contributed by atoms with Crippen LogP contribution in [0.5, 0.6) is 0 Å². The maximum atomic E-state index is 14.0. The third-order valence-corrected chi connectivity index (χ3v) is 3.20. The van der Waals surface area contributed by atoms with Crippen LogP contribution in [0.1, 0.15) is 38.8 Å². The standard InChI is InChI=1S/C13H18BrF2N/c1-4-17-11(7-8(2)3)12-10(15)6-5-9(14)13(12)16/h5-6,8,11,17H,4,7H2,1-3H3. The number of benzene rings is 1. The number of rotatable bonds is 5. The van der Waals surface area contributed by atoms with Crippen molar-refractivity contribution in [2.45, 2.75) is 33.2 Å². The van der Waals surface area contributed by atoms with E-state index >= 15 is 0 Å². The molecule has 0 aliphatic rings. The minimum Gasteiger partial charge on any atom is -0.310 e. The van der Waals surface area contributed by atoms with E-state index in [1.165, 1.54) is 12.1 Å². The van der Waals surface area contributed by atoms with Crippen LogP contribution in [0.4, 0.5) is 8.78 Å². The maximum absolute atomic E-state index is 14.0. The summed E-state index contributed by atoms with van der Waals surface area (Å²) in [6.07, 6.45) is 0.706. The SMILES string of the molecule is CCNC(CC(C)C)c1c(F)ccc(Br)c1F. The van der Waals surface area contributed by atoms with E-state index in [1.54, 1.807) is 0 Å². The first-order valence-corrected chi connectivity index (χ1v) is 6.63. The van der Waals surface area contributed by atoms with Gasteiger partial charge in [0.05, 0.1) is 4.47 Å². The smallest absolute Gasteiger partial charge is 0.145 e. The van der Waals surface area contributed by atoms with E-state index in [1.807, 2.05) is 20.8 Å². The molecule has 0 saturated heterocycles. The highest BCUT2D eigenvalue weighted by Crippen LogP contribution is 2.30. The van der Waals surface area contributed by atoms with Gasteiger partial charge in [-0.1, -0.05) is 20.8 Å². The van der Waals surface area contributed by atoms with Crippen molar-refractivity contribution < 1.29 is 8.78 Å². The summed E-state index contributed by atoms with van der Waals surface area (Å²) < 4.78 is 28.0. The van der Waals surface area contributed by atoms with Gasteiger partial charge in [0.25, 0.3) is 0 Å². The van der Waals surface area contributed by atoms with Crippen LogP contribution in [-0.2, 0) is 0 Å². The first kappa shape index (κ1) is 14.6. The first-order chi connectivity index (χ1) is 7.97. The summed E-state index contributed by atoms with van der Waals surface area (Å²) in [6.45, 7) is 6.69. The third kappa shape index (κ3) is 3.75. The van der Waals surface area contributed by atoms with Crippen molar-refractivity contribution in [2.24, 2.45) is 5.92 Å². The van der Waals surface area contributed by atoms with Gasteiger partial charge >= 0.3 is 0 Å². The maximum Gasteiger partial charge on any atom is 0.145 e. The second-order valence-electron chi connectivity index (χ2n) is 4.50. The summed E-state index contributed by atoms with van der Waals surface area (Å²) >= 11 is 3.10. The summed E-state index contributed by atoms with van der Waals surface area (Å²) in [5.41, 5.74) is 0.134. The van der Waals surface area contributed by atoms with Gasteiger partial charge in [0.1, 0.15) is 11.6 Å². The van der Waals surface area contributed by atoms with Crippen LogP contribution in [0, 0.1) is 17.6 Å². The highest BCUT2D eigenvalue weighted by Gasteiger charge is 2.22. The minimum atomic E-state index is -0.503. The summed E-state index contributed by atoms with van der Waals surface area (Å²) in [7, 11) is 0. The molecule has 1 atom stereocenters. The number of hydrogen-bond donors (Lipinski definition) is 1. The molecule has 0 bridgehead atoms. The molecule has 0 amide bonds. The Morgan fingerprint density at radius 1 is 1.29 bits per heavy atom. The Kier molecular flexibility index (Phi) is 5.53. The second-order valence-corrected chi connectivity index (χ2v) is 5.35. The van der Waals surface area contributed by atoms with E-state index in [2.05, 4.69) is 21.2 Å². The van der Waals surface area contributed by atoms with E-state index in [0.717, 1.165) is 0 Å². The van der Waals surface area contributed by atoms with Crippen LogP contribution in [0.15, 0.2) is 16.6 Å². The Labute approximate surface area is 110 Å². The molecule has 0 radical (unpaired) electrons. The van der Waals surface area contributed by atoms with Gasteiger partial charge in [-0.15, -0.1) is 0 Å². The zero-order chi connectivity index (χ0) is 13.0. The summed E-state index contributed by atoms with van der Waals surface area (Å²) in [4.78, 5) is 0. The van der Waals surface area contributed by atoms with Gasteiger partial charge in [0.2, 0.25) is 0 Å². The predicted octanol–water partition coefficient (Wildman–Crippen LogP) is 4.42. The molecule has 17 heavy (non-hydrogen) atoms. The van der Waals surface area contributed by atoms with Gasteiger partial charge in [-0.25, -0.2) is 8.78 Å². The average Bonchev–Trinajstić information content (AvgIpc) is 2.23. The first-order valence-electron chi connectivity index (χ1n) is 5.84. The fourth-order valence-electron chi connectivity index (χ4n) is 1.88. The molecule has 0 aliphatic heterocycles. The van der Waals surface area contributed by atoms with E-state index in [0.29, 0.717) is 23.4 Å². The van der Waals surface area contributed by atoms with Gasteiger partial charge in [0.15, 0.2) is 0 Å². The van der Waals surface area contributed by atoms with Crippen molar-refractivity contribution in [1.29, 1.82) is 0 Å².